The second-order valence-corrected chi connectivity index (χ2v) is 5.05. The molecule has 1 N–H and O–H groups in total. The number of nitrogens with zero attached hydrogens (tertiary/aromatic N) is 1. The minimum Gasteiger partial charge on any atom is -0.487 e. The fourth-order valence-electron chi connectivity index (χ4n) is 1.37. The Balaban J connectivity index is 2.11. The van der Waals surface area contributed by atoms with Crippen LogP contribution in [-0.4, -0.2) is 31.8 Å². The molecule has 1 aromatic rings. The van der Waals surface area contributed by atoms with E-state index in [0.29, 0.717) is 5.75 Å². The lowest BCUT2D eigenvalue weighted by molar-refractivity contribution is -0.131. The first-order chi connectivity index (χ1) is 8.49. The van der Waals surface area contributed by atoms with Gasteiger partial charge in [-0.3, -0.25) is 0 Å². The van der Waals surface area contributed by atoms with Crippen molar-refractivity contribution in [1.82, 2.24) is 0 Å². The molecule has 0 saturated carbocycles. The molecule has 6 nitrogen and oxygen atoms in total. The number of hydrogen-bond donors (Lipinski definition) is 1. The molecule has 0 bridgehead atoms. The lowest BCUT2D eigenvalue weighted by Crippen LogP contribution is -2.07. The quantitative estimate of drug-likeness (QED) is 0.871. The van der Waals surface area contributed by atoms with Crippen LogP contribution >= 0.6 is 0 Å². The first-order valence-electron chi connectivity index (χ1n) is 4.96. The van der Waals surface area contributed by atoms with Gasteiger partial charge >= 0.3 is 5.97 Å². The van der Waals surface area contributed by atoms with Crippen molar-refractivity contribution in [2.45, 2.75) is 0 Å². The van der Waals surface area contributed by atoms with E-state index in [4.69, 9.17) is 9.84 Å². The molecule has 0 fully saturated rings. The zero-order valence-corrected chi connectivity index (χ0v) is 9.92. The predicted molar refractivity (Wildman–Crippen MR) is 64.0 cm³/mol. The van der Waals surface area contributed by atoms with Gasteiger partial charge in [-0.15, -0.1) is 0 Å². The summed E-state index contributed by atoms with van der Waals surface area (Å²) in [6.45, 7) is -0.0972. The highest BCUT2D eigenvalue weighted by Gasteiger charge is 2.30. The Labute approximate surface area is 103 Å². The highest BCUT2D eigenvalue weighted by atomic mass is 32.2. The molecule has 1 aromatic carbocycles. The molecule has 94 valence electrons. The van der Waals surface area contributed by atoms with Gasteiger partial charge in [0.25, 0.3) is 10.0 Å². The average molecular weight is 267 g/mol. The monoisotopic (exact) mass is 267 g/mol. The van der Waals surface area contributed by atoms with E-state index in [0.717, 1.165) is 6.08 Å². The Kier molecular flexibility index (Phi) is 3.15. The Morgan fingerprint density at radius 3 is 2.50 bits per heavy atom. The molecule has 0 spiro atoms. The van der Waals surface area contributed by atoms with Crippen molar-refractivity contribution in [1.29, 1.82) is 0 Å². The van der Waals surface area contributed by atoms with Gasteiger partial charge in [-0.1, -0.05) is 18.2 Å². The minimum atomic E-state index is -4.07. The van der Waals surface area contributed by atoms with E-state index in [9.17, 15) is 13.2 Å². The van der Waals surface area contributed by atoms with Crippen molar-refractivity contribution < 1.29 is 23.1 Å². The highest BCUT2D eigenvalue weighted by molar-refractivity contribution is 7.95. The number of sulfonamides is 1. The molecule has 18 heavy (non-hydrogen) atoms. The molecule has 2 rings (SSSR count). The first kappa shape index (κ1) is 12.3. The number of carboxylic acids is 1. The molecular formula is C11H9NO5S. The van der Waals surface area contributed by atoms with Crippen molar-refractivity contribution in [2.75, 3.05) is 6.61 Å². The van der Waals surface area contributed by atoms with Gasteiger partial charge in [0.05, 0.1) is 5.71 Å². The third-order valence-electron chi connectivity index (χ3n) is 2.15. The number of ether oxygens (including phenoxy) is 1. The van der Waals surface area contributed by atoms with E-state index >= 15 is 0 Å². The molecule has 1 aliphatic rings. The van der Waals surface area contributed by atoms with Crippen LogP contribution < -0.4 is 4.74 Å². The molecule has 0 atom stereocenters. The Morgan fingerprint density at radius 2 is 1.94 bits per heavy atom. The zero-order chi connectivity index (χ0) is 13.2. The summed E-state index contributed by atoms with van der Waals surface area (Å²) in [5.74, 6) is -0.969. The van der Waals surface area contributed by atoms with Crippen LogP contribution in [0.15, 0.2) is 45.7 Å². The number of carbonyl (C=O) groups is 1. The fourth-order valence-corrected chi connectivity index (χ4v) is 2.39. The van der Waals surface area contributed by atoms with Gasteiger partial charge in [-0.25, -0.2) is 4.79 Å². The number of rotatable bonds is 4. The lowest BCUT2D eigenvalue weighted by atomic mass is 10.3. The van der Waals surface area contributed by atoms with Crippen LogP contribution in [0.1, 0.15) is 0 Å². The van der Waals surface area contributed by atoms with Crippen LogP contribution in [0.2, 0.25) is 0 Å². The molecule has 0 aromatic heterocycles. The molecule has 1 aliphatic heterocycles. The summed E-state index contributed by atoms with van der Waals surface area (Å²) in [6.07, 6.45) is 1.00. The number of benzene rings is 1. The molecule has 7 heteroatoms. The van der Waals surface area contributed by atoms with E-state index in [1.807, 2.05) is 6.07 Å². The fraction of sp³-hybridized carbons (Fsp3) is 0.0909. The summed E-state index contributed by atoms with van der Waals surface area (Å²) in [5, 5.41) is 8.69. The van der Waals surface area contributed by atoms with Crippen LogP contribution in [0.25, 0.3) is 0 Å². The largest absolute Gasteiger partial charge is 0.487 e. The van der Waals surface area contributed by atoms with Crippen molar-refractivity contribution in [3.05, 3.63) is 41.3 Å². The van der Waals surface area contributed by atoms with E-state index < -0.39 is 20.9 Å². The summed E-state index contributed by atoms with van der Waals surface area (Å²) in [4.78, 5) is 9.95. The summed E-state index contributed by atoms with van der Waals surface area (Å²) < 4.78 is 31.3. The van der Waals surface area contributed by atoms with Gasteiger partial charge in [-0.05, 0) is 18.2 Å². The summed E-state index contributed by atoms with van der Waals surface area (Å²) in [5.41, 5.74) is 0.0660. The number of hydrogen-bond acceptors (Lipinski definition) is 4. The maximum absolute atomic E-state index is 11.3. The van der Waals surface area contributed by atoms with Crippen molar-refractivity contribution in [3.63, 3.8) is 0 Å². The molecule has 0 radical (unpaired) electrons. The van der Waals surface area contributed by atoms with Crippen LogP contribution in [-0.2, 0) is 14.8 Å². The standard InChI is InChI=1S/C11H9NO5S/c13-11(14)10-6-8(12-18(10,15)16)7-17-9-4-2-1-3-5-9/h1-6H,7H2,(H,13,14). The number of para-hydroxylation sites is 1. The minimum absolute atomic E-state index is 0.0660. The molecule has 0 unspecified atom stereocenters. The summed E-state index contributed by atoms with van der Waals surface area (Å²) in [6, 6.07) is 8.74. The first-order valence-corrected chi connectivity index (χ1v) is 6.40. The predicted octanol–water partition coefficient (Wildman–Crippen LogP) is 0.818. The topological polar surface area (TPSA) is 93.0 Å². The van der Waals surface area contributed by atoms with Gasteiger partial charge in [0, 0.05) is 0 Å². The normalized spacial score (nSPS) is 16.9. The third-order valence-corrected chi connectivity index (χ3v) is 3.48. The van der Waals surface area contributed by atoms with Crippen molar-refractivity contribution in [2.24, 2.45) is 4.40 Å². The summed E-state index contributed by atoms with van der Waals surface area (Å²) in [7, 11) is -4.07. The van der Waals surface area contributed by atoms with Crippen molar-refractivity contribution in [3.8, 4) is 5.75 Å². The summed E-state index contributed by atoms with van der Waals surface area (Å²) >= 11 is 0. The zero-order valence-electron chi connectivity index (χ0n) is 9.11. The molecule has 0 aliphatic carbocycles. The maximum Gasteiger partial charge on any atom is 0.349 e. The van der Waals surface area contributed by atoms with Crippen LogP contribution in [0.3, 0.4) is 0 Å². The molecular weight excluding hydrogens is 258 g/mol. The third kappa shape index (κ3) is 2.57. The lowest BCUT2D eigenvalue weighted by Gasteiger charge is -2.03. The average Bonchev–Trinajstić information content (AvgIpc) is 2.63. The maximum atomic E-state index is 11.3. The van der Waals surface area contributed by atoms with Crippen molar-refractivity contribution >= 4 is 21.7 Å². The Hall–Kier alpha value is -2.15. The smallest absolute Gasteiger partial charge is 0.349 e. The van der Waals surface area contributed by atoms with E-state index in [2.05, 4.69) is 4.40 Å². The SMILES string of the molecule is O=C(O)C1=CC(COc2ccccc2)=NS1(=O)=O. The molecule has 1 heterocycles. The Morgan fingerprint density at radius 1 is 1.28 bits per heavy atom. The van der Waals surface area contributed by atoms with E-state index in [1.54, 1.807) is 24.3 Å². The second kappa shape index (κ2) is 4.61. The highest BCUT2D eigenvalue weighted by Crippen LogP contribution is 2.18. The molecule has 0 saturated heterocycles. The van der Waals surface area contributed by atoms with Gasteiger partial charge in [0.2, 0.25) is 0 Å². The van der Waals surface area contributed by atoms with Crippen LogP contribution in [0.4, 0.5) is 0 Å². The van der Waals surface area contributed by atoms with Gasteiger partial charge < -0.3 is 9.84 Å². The number of aliphatic carboxylic acids is 1. The van der Waals surface area contributed by atoms with Crippen LogP contribution in [0.5, 0.6) is 5.75 Å². The van der Waals surface area contributed by atoms with Crippen LogP contribution in [0, 0.1) is 0 Å². The second-order valence-electron chi connectivity index (χ2n) is 3.47. The molecule has 0 amide bonds. The van der Waals surface area contributed by atoms with E-state index in [-0.39, 0.29) is 12.3 Å². The van der Waals surface area contributed by atoms with E-state index in [1.165, 1.54) is 0 Å². The Bertz CT molecular complexity index is 631. The van der Waals surface area contributed by atoms with Gasteiger partial charge in [-0.2, -0.15) is 12.8 Å². The van der Waals surface area contributed by atoms with Gasteiger partial charge in [0.1, 0.15) is 12.4 Å². The number of carboxylic acid groups (broad SMARTS) is 1. The van der Waals surface area contributed by atoms with Gasteiger partial charge in [0.15, 0.2) is 4.91 Å².